The number of ether oxygens (including phenoxy) is 1. The third kappa shape index (κ3) is 2.93. The molecule has 1 aromatic heterocycles. The van der Waals surface area contributed by atoms with Gasteiger partial charge in [0.1, 0.15) is 5.52 Å². The number of carbonyl (C=O) groups excluding carboxylic acids is 1. The molecule has 3 rings (SSSR count). The number of amides is 2. The average Bonchev–Trinajstić information content (AvgIpc) is 3.04. The number of nitrogens with one attached hydrogen (secondary N) is 1. The predicted octanol–water partition coefficient (Wildman–Crippen LogP) is 3.46. The summed E-state index contributed by atoms with van der Waals surface area (Å²) >= 11 is 0. The molecule has 116 valence electrons. The molecule has 1 aromatic carbocycles. The van der Waals surface area contributed by atoms with E-state index in [9.17, 15) is 13.6 Å². The minimum absolute atomic E-state index is 0.00947. The topological polar surface area (TPSA) is 54.5 Å². The molecular formula is C15H15F2N3O2. The number of hydrogen-bond acceptors (Lipinski definition) is 3. The van der Waals surface area contributed by atoms with Crippen LogP contribution >= 0.6 is 0 Å². The summed E-state index contributed by atoms with van der Waals surface area (Å²) in [5.41, 5.74) is 0.823. The van der Waals surface area contributed by atoms with Crippen LogP contribution in [-0.4, -0.2) is 35.6 Å². The molecule has 2 aromatic rings. The van der Waals surface area contributed by atoms with Gasteiger partial charge in [-0.2, -0.15) is 8.78 Å². The molecule has 0 bridgehead atoms. The first kappa shape index (κ1) is 14.5. The van der Waals surface area contributed by atoms with Gasteiger partial charge < -0.3 is 15.0 Å². The van der Waals surface area contributed by atoms with Gasteiger partial charge in [0.2, 0.25) is 0 Å². The fraction of sp³-hybridized carbons (Fsp3) is 0.333. The molecule has 2 amide bonds. The van der Waals surface area contributed by atoms with E-state index >= 15 is 0 Å². The molecule has 5 nitrogen and oxygen atoms in total. The minimum atomic E-state index is -2.92. The number of nitrogens with zero attached hydrogens (tertiary/aromatic N) is 2. The molecule has 1 saturated heterocycles. The lowest BCUT2D eigenvalue weighted by Crippen LogP contribution is -2.32. The quantitative estimate of drug-likeness (QED) is 0.944. The SMILES string of the molecule is O=C(Nc1ccc(OC(F)F)c2ncccc12)N1CCCC1. The van der Waals surface area contributed by atoms with Crippen LogP contribution in [0.1, 0.15) is 12.8 Å². The molecule has 2 heterocycles. The second-order valence-electron chi connectivity index (χ2n) is 5.01. The fourth-order valence-electron chi connectivity index (χ4n) is 2.56. The first-order valence-electron chi connectivity index (χ1n) is 7.03. The summed E-state index contributed by atoms with van der Waals surface area (Å²) in [5.74, 6) is -0.00947. The van der Waals surface area contributed by atoms with E-state index in [1.54, 1.807) is 23.1 Å². The van der Waals surface area contributed by atoms with E-state index in [-0.39, 0.29) is 11.8 Å². The third-order valence-electron chi connectivity index (χ3n) is 3.58. The van der Waals surface area contributed by atoms with Crippen molar-refractivity contribution in [3.05, 3.63) is 30.5 Å². The highest BCUT2D eigenvalue weighted by atomic mass is 19.3. The Morgan fingerprint density at radius 3 is 2.77 bits per heavy atom. The van der Waals surface area contributed by atoms with Crippen molar-refractivity contribution in [2.45, 2.75) is 19.5 Å². The molecule has 1 aliphatic heterocycles. The Morgan fingerprint density at radius 1 is 1.27 bits per heavy atom. The maximum Gasteiger partial charge on any atom is 0.387 e. The van der Waals surface area contributed by atoms with Crippen LogP contribution in [0.25, 0.3) is 10.9 Å². The summed E-state index contributed by atoms with van der Waals surface area (Å²) in [7, 11) is 0. The van der Waals surface area contributed by atoms with E-state index in [0.29, 0.717) is 16.6 Å². The highest BCUT2D eigenvalue weighted by Crippen LogP contribution is 2.31. The molecule has 0 aliphatic carbocycles. The number of benzene rings is 1. The number of likely N-dealkylation sites (tertiary alicyclic amines) is 1. The number of aromatic nitrogens is 1. The van der Waals surface area contributed by atoms with Gasteiger partial charge in [-0.1, -0.05) is 0 Å². The van der Waals surface area contributed by atoms with Crippen molar-refractivity contribution in [1.82, 2.24) is 9.88 Å². The van der Waals surface area contributed by atoms with Gasteiger partial charge >= 0.3 is 12.6 Å². The first-order chi connectivity index (χ1) is 10.6. The van der Waals surface area contributed by atoms with Crippen molar-refractivity contribution in [1.29, 1.82) is 0 Å². The van der Waals surface area contributed by atoms with Gasteiger partial charge in [0.05, 0.1) is 5.69 Å². The number of pyridine rings is 1. The molecular weight excluding hydrogens is 292 g/mol. The molecule has 0 atom stereocenters. The van der Waals surface area contributed by atoms with E-state index in [1.807, 2.05) is 0 Å². The largest absolute Gasteiger partial charge is 0.432 e. The smallest absolute Gasteiger partial charge is 0.387 e. The molecule has 22 heavy (non-hydrogen) atoms. The zero-order valence-electron chi connectivity index (χ0n) is 11.8. The number of rotatable bonds is 3. The molecule has 0 saturated carbocycles. The third-order valence-corrected chi connectivity index (χ3v) is 3.58. The minimum Gasteiger partial charge on any atom is -0.432 e. The fourth-order valence-corrected chi connectivity index (χ4v) is 2.56. The summed E-state index contributed by atoms with van der Waals surface area (Å²) in [5, 5.41) is 3.37. The van der Waals surface area contributed by atoms with Crippen LogP contribution in [0.2, 0.25) is 0 Å². The second kappa shape index (κ2) is 6.13. The van der Waals surface area contributed by atoms with Gasteiger partial charge in [0.15, 0.2) is 5.75 Å². The first-order valence-corrected chi connectivity index (χ1v) is 7.03. The number of carbonyl (C=O) groups is 1. The maximum atomic E-state index is 12.4. The molecule has 7 heteroatoms. The van der Waals surface area contributed by atoms with E-state index in [4.69, 9.17) is 0 Å². The van der Waals surface area contributed by atoms with Crippen LogP contribution in [0.3, 0.4) is 0 Å². The van der Waals surface area contributed by atoms with Gasteiger partial charge in [-0.05, 0) is 37.1 Å². The van der Waals surface area contributed by atoms with Gasteiger partial charge in [0, 0.05) is 24.7 Å². The Balaban J connectivity index is 1.91. The van der Waals surface area contributed by atoms with Crippen LogP contribution in [-0.2, 0) is 0 Å². The molecule has 0 radical (unpaired) electrons. The van der Waals surface area contributed by atoms with E-state index in [0.717, 1.165) is 25.9 Å². The monoisotopic (exact) mass is 307 g/mol. The van der Waals surface area contributed by atoms with Crippen molar-refractivity contribution in [3.8, 4) is 5.75 Å². The van der Waals surface area contributed by atoms with Crippen molar-refractivity contribution < 1.29 is 18.3 Å². The van der Waals surface area contributed by atoms with Gasteiger partial charge in [-0.25, -0.2) is 4.79 Å². The lowest BCUT2D eigenvalue weighted by atomic mass is 10.1. The number of anilines is 1. The summed E-state index contributed by atoms with van der Waals surface area (Å²) in [6.45, 7) is -1.46. The van der Waals surface area contributed by atoms with Crippen LogP contribution in [0.5, 0.6) is 5.75 Å². The maximum absolute atomic E-state index is 12.4. The Kier molecular flexibility index (Phi) is 4.04. The van der Waals surface area contributed by atoms with Gasteiger partial charge in [-0.3, -0.25) is 4.98 Å². The van der Waals surface area contributed by atoms with Gasteiger partial charge in [-0.15, -0.1) is 0 Å². The van der Waals surface area contributed by atoms with E-state index in [2.05, 4.69) is 15.0 Å². The highest BCUT2D eigenvalue weighted by Gasteiger charge is 2.19. The Bertz CT molecular complexity index is 688. The van der Waals surface area contributed by atoms with Gasteiger partial charge in [0.25, 0.3) is 0 Å². The van der Waals surface area contributed by atoms with Crippen molar-refractivity contribution in [3.63, 3.8) is 0 Å². The summed E-state index contributed by atoms with van der Waals surface area (Å²) in [6.07, 6.45) is 3.49. The average molecular weight is 307 g/mol. The molecule has 1 aliphatic rings. The number of alkyl halides is 2. The second-order valence-corrected chi connectivity index (χ2v) is 5.01. The lowest BCUT2D eigenvalue weighted by molar-refractivity contribution is -0.0489. The summed E-state index contributed by atoms with van der Waals surface area (Å²) in [6, 6.07) is 6.14. The van der Waals surface area contributed by atoms with Crippen LogP contribution in [0.15, 0.2) is 30.5 Å². The van der Waals surface area contributed by atoms with E-state index < -0.39 is 6.61 Å². The Hall–Kier alpha value is -2.44. The number of urea groups is 1. The number of hydrogen-bond donors (Lipinski definition) is 1. The normalized spacial score (nSPS) is 14.6. The highest BCUT2D eigenvalue weighted by molar-refractivity contribution is 6.02. The van der Waals surface area contributed by atoms with Crippen LogP contribution in [0.4, 0.5) is 19.3 Å². The zero-order chi connectivity index (χ0) is 15.5. The Labute approximate surface area is 125 Å². The molecule has 0 spiro atoms. The number of halogens is 2. The molecule has 1 N–H and O–H groups in total. The lowest BCUT2D eigenvalue weighted by Gasteiger charge is -2.17. The zero-order valence-corrected chi connectivity index (χ0v) is 11.8. The summed E-state index contributed by atoms with van der Waals surface area (Å²) in [4.78, 5) is 18.0. The summed E-state index contributed by atoms with van der Waals surface area (Å²) < 4.78 is 29.3. The van der Waals surface area contributed by atoms with Crippen molar-refractivity contribution >= 4 is 22.6 Å². The number of fused-ring (bicyclic) bond motifs is 1. The van der Waals surface area contributed by atoms with Crippen molar-refractivity contribution in [2.75, 3.05) is 18.4 Å². The van der Waals surface area contributed by atoms with Crippen LogP contribution in [0, 0.1) is 0 Å². The van der Waals surface area contributed by atoms with Crippen LogP contribution < -0.4 is 10.1 Å². The standard InChI is InChI=1S/C15H15F2N3O2/c16-14(17)22-12-6-5-11(10-4-3-7-18-13(10)12)19-15(21)20-8-1-2-9-20/h3-7,14H,1-2,8-9H2,(H,19,21). The molecule has 1 fully saturated rings. The van der Waals surface area contributed by atoms with E-state index in [1.165, 1.54) is 12.3 Å². The Morgan fingerprint density at radius 2 is 2.05 bits per heavy atom. The molecule has 0 unspecified atom stereocenters. The van der Waals surface area contributed by atoms with Crippen molar-refractivity contribution in [2.24, 2.45) is 0 Å². The predicted molar refractivity (Wildman–Crippen MR) is 78.2 cm³/mol.